The van der Waals surface area contributed by atoms with Crippen LogP contribution in [0.25, 0.3) is 0 Å². The number of carbonyl (C=O) groups excluding carboxylic acids is 2. The molecule has 1 saturated heterocycles. The second-order valence-corrected chi connectivity index (χ2v) is 6.89. The van der Waals surface area contributed by atoms with Gasteiger partial charge in [-0.3, -0.25) is 14.5 Å². The fourth-order valence-corrected chi connectivity index (χ4v) is 3.57. The van der Waals surface area contributed by atoms with Gasteiger partial charge in [-0.2, -0.15) is 0 Å². The minimum Gasteiger partial charge on any atom is -0.369 e. The minimum atomic E-state index is -1.55. The molecule has 0 radical (unpaired) electrons. The van der Waals surface area contributed by atoms with Gasteiger partial charge in [-0.15, -0.1) is 0 Å². The molecule has 1 heterocycles. The number of primary amides is 1. The monoisotopic (exact) mass is 355 g/mol. The number of rotatable bonds is 6. The van der Waals surface area contributed by atoms with Gasteiger partial charge in [0.05, 0.1) is 13.0 Å². The first-order valence-corrected chi connectivity index (χ1v) is 8.27. The fraction of sp³-hybridized carbons (Fsp3) is 0.529. The molecule has 8 heteroatoms. The lowest BCUT2D eigenvalue weighted by molar-refractivity contribution is -0.121. The summed E-state index contributed by atoms with van der Waals surface area (Å²) in [5.41, 5.74) is 5.30. The average Bonchev–Trinajstić information content (AvgIpc) is 3.27. The predicted molar refractivity (Wildman–Crippen MR) is 83.8 cm³/mol. The number of amides is 2. The van der Waals surface area contributed by atoms with Crippen molar-refractivity contribution in [3.63, 3.8) is 0 Å². The van der Waals surface area contributed by atoms with Crippen LogP contribution in [0.3, 0.4) is 0 Å². The smallest absolute Gasteiger partial charge is 0.231 e. The maximum atomic E-state index is 13.2. The van der Waals surface area contributed by atoms with Crippen molar-refractivity contribution in [3.05, 3.63) is 35.1 Å². The first kappa shape index (κ1) is 17.7. The number of nitrogens with zero attached hydrogens (tertiary/aromatic N) is 1. The molecule has 1 saturated carbocycles. The van der Waals surface area contributed by atoms with Crippen LogP contribution in [0.15, 0.2) is 12.1 Å². The first-order valence-electron chi connectivity index (χ1n) is 8.27. The van der Waals surface area contributed by atoms with E-state index in [1.54, 1.807) is 0 Å². The number of hydrogen-bond donors (Lipinski definition) is 2. The molecular formula is C17H20F3N3O2. The van der Waals surface area contributed by atoms with Crippen LogP contribution in [0.1, 0.15) is 18.4 Å². The van der Waals surface area contributed by atoms with E-state index in [4.69, 9.17) is 5.73 Å². The zero-order chi connectivity index (χ0) is 18.1. The minimum absolute atomic E-state index is 0.0730. The number of benzene rings is 1. The van der Waals surface area contributed by atoms with E-state index in [0.717, 1.165) is 25.0 Å². The van der Waals surface area contributed by atoms with E-state index in [1.807, 2.05) is 4.90 Å². The molecule has 3 N–H and O–H groups in total. The lowest BCUT2D eigenvalue weighted by atomic mass is 9.98. The zero-order valence-electron chi connectivity index (χ0n) is 13.6. The standard InChI is InChI=1S/C17H20F3N3O2/c18-12-3-9(4-13(19)17(12)20)5-16(25)22-14-7-23(8-15(21)24)6-11(14)10-1-2-10/h3-4,10-11,14H,1-2,5-8H2,(H2,21,24)(H,22,25)/t11-,14+/m1/s1. The molecule has 0 aromatic heterocycles. The van der Waals surface area contributed by atoms with Crippen LogP contribution in [0.2, 0.25) is 0 Å². The molecule has 0 bridgehead atoms. The SMILES string of the molecule is NC(=O)CN1C[C@H](NC(=O)Cc2cc(F)c(F)c(F)c2)[C@@H](C2CC2)C1. The summed E-state index contributed by atoms with van der Waals surface area (Å²) < 4.78 is 39.5. The number of nitrogens with one attached hydrogen (secondary N) is 1. The summed E-state index contributed by atoms with van der Waals surface area (Å²) in [5.74, 6) is -4.22. The zero-order valence-corrected chi connectivity index (χ0v) is 13.6. The van der Waals surface area contributed by atoms with Crippen LogP contribution in [0.5, 0.6) is 0 Å². The van der Waals surface area contributed by atoms with Gasteiger partial charge in [0.25, 0.3) is 0 Å². The third-order valence-corrected chi connectivity index (χ3v) is 4.80. The summed E-state index contributed by atoms with van der Waals surface area (Å²) in [4.78, 5) is 25.2. The normalized spacial score (nSPS) is 23.6. The van der Waals surface area contributed by atoms with Gasteiger partial charge in [-0.25, -0.2) is 13.2 Å². The number of likely N-dealkylation sites (tertiary alicyclic amines) is 1. The van der Waals surface area contributed by atoms with E-state index in [0.29, 0.717) is 19.0 Å². The summed E-state index contributed by atoms with van der Waals surface area (Å²) in [7, 11) is 0. The maximum absolute atomic E-state index is 13.2. The average molecular weight is 355 g/mol. The van der Waals surface area contributed by atoms with Crippen molar-refractivity contribution >= 4 is 11.8 Å². The summed E-state index contributed by atoms with van der Waals surface area (Å²) >= 11 is 0. The molecule has 2 fully saturated rings. The van der Waals surface area contributed by atoms with Gasteiger partial charge in [0.2, 0.25) is 11.8 Å². The van der Waals surface area contributed by atoms with Gasteiger partial charge < -0.3 is 11.1 Å². The topological polar surface area (TPSA) is 75.4 Å². The van der Waals surface area contributed by atoms with Gasteiger partial charge in [-0.1, -0.05) is 0 Å². The Kier molecular flexibility index (Phi) is 4.99. The third kappa shape index (κ3) is 4.31. The molecule has 1 aliphatic heterocycles. The highest BCUT2D eigenvalue weighted by Gasteiger charge is 2.43. The van der Waals surface area contributed by atoms with E-state index < -0.39 is 23.4 Å². The van der Waals surface area contributed by atoms with Gasteiger partial charge >= 0.3 is 0 Å². The van der Waals surface area contributed by atoms with Crippen molar-refractivity contribution in [3.8, 4) is 0 Å². The Morgan fingerprint density at radius 3 is 2.36 bits per heavy atom. The van der Waals surface area contributed by atoms with Crippen LogP contribution in [0, 0.1) is 29.3 Å². The Balaban J connectivity index is 1.62. The molecule has 136 valence electrons. The molecule has 5 nitrogen and oxygen atoms in total. The van der Waals surface area contributed by atoms with E-state index in [-0.39, 0.29) is 36.4 Å². The number of hydrogen-bond acceptors (Lipinski definition) is 3. The van der Waals surface area contributed by atoms with Crippen molar-refractivity contribution in [1.29, 1.82) is 0 Å². The van der Waals surface area contributed by atoms with Gasteiger partial charge in [0, 0.05) is 19.1 Å². The fourth-order valence-electron chi connectivity index (χ4n) is 3.57. The summed E-state index contributed by atoms with van der Waals surface area (Å²) in [6.45, 7) is 1.35. The van der Waals surface area contributed by atoms with Crippen molar-refractivity contribution in [2.45, 2.75) is 25.3 Å². The highest BCUT2D eigenvalue weighted by molar-refractivity contribution is 5.79. The number of nitrogens with two attached hydrogens (primary N) is 1. The molecule has 25 heavy (non-hydrogen) atoms. The third-order valence-electron chi connectivity index (χ3n) is 4.80. The van der Waals surface area contributed by atoms with Crippen LogP contribution in [-0.4, -0.2) is 42.4 Å². The molecule has 1 aliphatic carbocycles. The number of halogens is 3. The highest BCUT2D eigenvalue weighted by Crippen LogP contribution is 2.41. The lowest BCUT2D eigenvalue weighted by Gasteiger charge is -2.19. The highest BCUT2D eigenvalue weighted by atomic mass is 19.2. The molecule has 1 aromatic carbocycles. The van der Waals surface area contributed by atoms with Gasteiger partial charge in [0.15, 0.2) is 17.5 Å². The Morgan fingerprint density at radius 2 is 1.80 bits per heavy atom. The second kappa shape index (κ2) is 7.03. The Bertz CT molecular complexity index is 671. The molecule has 0 spiro atoms. The quantitative estimate of drug-likeness (QED) is 0.747. The van der Waals surface area contributed by atoms with E-state index >= 15 is 0 Å². The summed E-state index contributed by atoms with van der Waals surface area (Å²) in [6.07, 6.45) is 1.95. The van der Waals surface area contributed by atoms with Crippen molar-refractivity contribution in [2.75, 3.05) is 19.6 Å². The first-order chi connectivity index (χ1) is 11.8. The van der Waals surface area contributed by atoms with Gasteiger partial charge in [0.1, 0.15) is 0 Å². The molecule has 3 rings (SSSR count). The van der Waals surface area contributed by atoms with Crippen molar-refractivity contribution in [2.24, 2.45) is 17.6 Å². The van der Waals surface area contributed by atoms with Crippen molar-refractivity contribution < 1.29 is 22.8 Å². The van der Waals surface area contributed by atoms with Crippen LogP contribution < -0.4 is 11.1 Å². The molecule has 2 amide bonds. The molecule has 1 aromatic rings. The second-order valence-electron chi connectivity index (χ2n) is 6.89. The predicted octanol–water partition coefficient (Wildman–Crippen LogP) is 0.958. The Labute approximate surface area is 143 Å². The molecule has 0 unspecified atom stereocenters. The Morgan fingerprint density at radius 1 is 1.16 bits per heavy atom. The van der Waals surface area contributed by atoms with Crippen molar-refractivity contribution in [1.82, 2.24) is 10.2 Å². The van der Waals surface area contributed by atoms with Gasteiger partial charge in [-0.05, 0) is 42.4 Å². The molecule has 2 atom stereocenters. The van der Waals surface area contributed by atoms with E-state index in [1.165, 1.54) is 0 Å². The summed E-state index contributed by atoms with van der Waals surface area (Å²) in [6, 6.07) is 1.52. The largest absolute Gasteiger partial charge is 0.369 e. The maximum Gasteiger partial charge on any atom is 0.231 e. The lowest BCUT2D eigenvalue weighted by Crippen LogP contribution is -2.42. The summed E-state index contributed by atoms with van der Waals surface area (Å²) in [5, 5.41) is 2.88. The van der Waals surface area contributed by atoms with Crippen LogP contribution in [0.4, 0.5) is 13.2 Å². The van der Waals surface area contributed by atoms with E-state index in [2.05, 4.69) is 5.32 Å². The van der Waals surface area contributed by atoms with Crippen LogP contribution >= 0.6 is 0 Å². The molecule has 2 aliphatic rings. The van der Waals surface area contributed by atoms with E-state index in [9.17, 15) is 22.8 Å². The Hall–Kier alpha value is -2.09. The number of carbonyl (C=O) groups is 2. The van der Waals surface area contributed by atoms with Crippen LogP contribution in [-0.2, 0) is 16.0 Å². The molecular weight excluding hydrogens is 335 g/mol.